The van der Waals surface area contributed by atoms with E-state index >= 15 is 0 Å². The van der Waals surface area contributed by atoms with Gasteiger partial charge in [-0.15, -0.1) is 0 Å². The second-order valence-corrected chi connectivity index (χ2v) is 25.4. The molecule has 12 heterocycles. The molecule has 30 nitrogen and oxygen atoms in total. The standard InChI is InChI=1S/C25H26F2N6O2.C15H14ClF2N3O.C9H10N4O3.C9H12N4O.C5H3BrN2O2.C5H9NO/c1-15(2)33-7-8-35-25-19(26)9-16(10-21(25)33)24-20(27)13-30-22(31-24)11-17-3-4-18(12-29-17)32-6-5-28-23(34)14-32;1-8(2)21-3-4-22-14-10(17)5-9(6-12(14)21)13-11(18)7-19-15(16)20-13;14-9-6-12(4-3-10-9)7-1-2-8(11-5-7)13(15)16;10-8-2-1-7(5-12-8)13-4-3-11-9(14)6-13;6-4-1-2-5(7-3-4)8(9)10;7-5-3-1-2-4-6-5/h3-4,9-10,12-13,15H,5-8,11,14H2,1-2H3,(H,28,34);5-8H,3-4H2,1-2H3;1-2,5H,3-4,6H2,(H,10,14);1-2,5H,3-4,6H2,(H2,10,12)(H,11,14);1-3H;1-4H2,(H,6,7). The summed E-state index contributed by atoms with van der Waals surface area (Å²) in [7, 11) is 0. The molecular formula is C68H74BrClF4N20O10. The van der Waals surface area contributed by atoms with Gasteiger partial charge in [-0.05, 0) is 149 Å². The van der Waals surface area contributed by atoms with Crippen molar-refractivity contribution in [2.24, 2.45) is 0 Å². The molecule has 0 radical (unpaired) electrons. The highest BCUT2D eigenvalue weighted by Crippen LogP contribution is 2.41. The van der Waals surface area contributed by atoms with Crippen LogP contribution in [0, 0.1) is 43.5 Å². The number of carbonyl (C=O) groups excluding carboxylic acids is 4. The van der Waals surface area contributed by atoms with Gasteiger partial charge in [-0.1, -0.05) is 0 Å². The Hall–Kier alpha value is -11.2. The zero-order valence-electron chi connectivity index (χ0n) is 56.9. The zero-order chi connectivity index (χ0) is 74.6. The Morgan fingerprint density at radius 3 is 1.40 bits per heavy atom. The minimum absolute atomic E-state index is 0.0192. The van der Waals surface area contributed by atoms with Crippen molar-refractivity contribution in [2.75, 3.05) is 122 Å². The van der Waals surface area contributed by atoms with E-state index in [0.29, 0.717) is 112 Å². The van der Waals surface area contributed by atoms with E-state index in [1.807, 2.05) is 70.4 Å². The van der Waals surface area contributed by atoms with Gasteiger partial charge in [0.25, 0.3) is 0 Å². The highest BCUT2D eigenvalue weighted by molar-refractivity contribution is 9.10. The first-order chi connectivity index (χ1) is 49.9. The third-order valence-electron chi connectivity index (χ3n) is 16.2. The van der Waals surface area contributed by atoms with Crippen molar-refractivity contribution in [3.05, 3.63) is 175 Å². The van der Waals surface area contributed by atoms with E-state index in [1.165, 1.54) is 36.7 Å². The van der Waals surface area contributed by atoms with Crippen LogP contribution in [0.2, 0.25) is 5.28 Å². The number of piperidine rings is 1. The molecule has 0 saturated carbocycles. The molecule has 4 amide bonds. The van der Waals surface area contributed by atoms with Crippen LogP contribution in [0.25, 0.3) is 22.5 Å². The number of rotatable bonds is 11. The Bertz CT molecular complexity index is 4330. The van der Waals surface area contributed by atoms with E-state index in [4.69, 9.17) is 26.8 Å². The van der Waals surface area contributed by atoms with Gasteiger partial charge in [0.15, 0.2) is 47.2 Å². The van der Waals surface area contributed by atoms with E-state index in [9.17, 15) is 57.0 Å². The van der Waals surface area contributed by atoms with Gasteiger partial charge in [-0.3, -0.25) is 24.2 Å². The van der Waals surface area contributed by atoms with Gasteiger partial charge in [0.05, 0.1) is 96.8 Å². The van der Waals surface area contributed by atoms with Crippen LogP contribution in [0.5, 0.6) is 11.5 Å². The molecule has 6 aliphatic rings. The van der Waals surface area contributed by atoms with E-state index in [1.54, 1.807) is 42.7 Å². The number of ether oxygens (including phenoxy) is 2. The van der Waals surface area contributed by atoms with Crippen LogP contribution < -0.4 is 61.0 Å². The fourth-order valence-electron chi connectivity index (χ4n) is 11.1. The van der Waals surface area contributed by atoms with Crippen molar-refractivity contribution in [1.82, 2.24) is 61.1 Å². The molecule has 0 aliphatic carbocycles. The van der Waals surface area contributed by atoms with Gasteiger partial charge in [0.1, 0.15) is 36.2 Å². The summed E-state index contributed by atoms with van der Waals surface area (Å²) in [6, 6.07) is 19.3. The lowest BCUT2D eigenvalue weighted by Crippen LogP contribution is -2.47. The predicted molar refractivity (Wildman–Crippen MR) is 383 cm³/mol. The maximum absolute atomic E-state index is 14.9. The van der Waals surface area contributed by atoms with Gasteiger partial charge in [-0.25, -0.2) is 42.5 Å². The maximum Gasteiger partial charge on any atom is 0.363 e. The summed E-state index contributed by atoms with van der Waals surface area (Å²) in [5.74, 6) is -1.29. The summed E-state index contributed by atoms with van der Waals surface area (Å²) in [5, 5.41) is 31.4. The van der Waals surface area contributed by atoms with E-state index in [-0.39, 0.29) is 88.5 Å². The number of pyridine rings is 4. The number of hydrogen-bond acceptors (Lipinski definition) is 24. The van der Waals surface area contributed by atoms with Gasteiger partial charge >= 0.3 is 11.6 Å². The first-order valence-corrected chi connectivity index (χ1v) is 34.1. The average molecular weight is 1520 g/mol. The van der Waals surface area contributed by atoms with Crippen molar-refractivity contribution in [3.8, 4) is 34.0 Å². The molecule has 4 fully saturated rings. The number of fused-ring (bicyclic) bond motifs is 2. The van der Waals surface area contributed by atoms with E-state index in [0.717, 1.165) is 66.3 Å². The second kappa shape index (κ2) is 36.6. The van der Waals surface area contributed by atoms with E-state index in [2.05, 4.69) is 77.1 Å². The number of hydrogen-bond donors (Lipinski definition) is 5. The molecule has 6 N–H and O–H groups in total. The van der Waals surface area contributed by atoms with Gasteiger partial charge < -0.3 is 81.2 Å². The van der Waals surface area contributed by atoms with Crippen molar-refractivity contribution < 1.29 is 56.1 Å². The average Bonchev–Trinajstić information content (AvgIpc) is 0.790. The molecule has 548 valence electrons. The Labute approximate surface area is 607 Å². The number of amides is 4. The van der Waals surface area contributed by atoms with Crippen molar-refractivity contribution >= 4 is 97.1 Å². The highest BCUT2D eigenvalue weighted by Gasteiger charge is 2.29. The molecule has 4 saturated heterocycles. The second-order valence-electron chi connectivity index (χ2n) is 24.2. The minimum Gasteiger partial charge on any atom is -0.486 e. The summed E-state index contributed by atoms with van der Waals surface area (Å²) in [6.45, 7) is 16.0. The number of anilines is 6. The van der Waals surface area contributed by atoms with Crippen molar-refractivity contribution in [3.63, 3.8) is 0 Å². The van der Waals surface area contributed by atoms with Crippen LogP contribution in [-0.4, -0.2) is 177 Å². The first kappa shape index (κ1) is 76.9. The Morgan fingerprint density at radius 2 is 1.00 bits per heavy atom. The van der Waals surface area contributed by atoms with Gasteiger partial charge in [0, 0.05) is 93.3 Å². The predicted octanol–water partition coefficient (Wildman–Crippen LogP) is 8.20. The molecule has 6 aromatic heterocycles. The molecule has 36 heteroatoms. The first-order valence-electron chi connectivity index (χ1n) is 32.9. The smallest absolute Gasteiger partial charge is 0.363 e. The van der Waals surface area contributed by atoms with Crippen LogP contribution in [-0.2, 0) is 25.6 Å². The number of nitrogens with zero attached hydrogens (tertiary/aromatic N) is 15. The minimum atomic E-state index is -0.656. The topological polar surface area (TPSA) is 366 Å². The maximum atomic E-state index is 14.9. The van der Waals surface area contributed by atoms with Crippen LogP contribution in [0.3, 0.4) is 0 Å². The molecule has 8 aromatic rings. The van der Waals surface area contributed by atoms with Gasteiger partial charge in [-0.2, -0.15) is 0 Å². The largest absolute Gasteiger partial charge is 0.486 e. The van der Waals surface area contributed by atoms with E-state index < -0.39 is 33.1 Å². The molecule has 0 unspecified atom stereocenters. The molecule has 6 aliphatic heterocycles. The third-order valence-corrected chi connectivity index (χ3v) is 16.9. The quantitative estimate of drug-likeness (QED) is 0.0352. The van der Waals surface area contributed by atoms with Crippen LogP contribution in [0.1, 0.15) is 58.5 Å². The molecule has 104 heavy (non-hydrogen) atoms. The van der Waals surface area contributed by atoms with Crippen LogP contribution in [0.4, 0.5) is 63.5 Å². The monoisotopic (exact) mass is 1520 g/mol. The summed E-state index contributed by atoms with van der Waals surface area (Å²) in [5.41, 5.74) is 10.5. The summed E-state index contributed by atoms with van der Waals surface area (Å²) < 4.78 is 69.6. The molecule has 0 spiro atoms. The summed E-state index contributed by atoms with van der Waals surface area (Å²) in [6.07, 6.45) is 11.5. The number of nitro groups is 2. The number of aromatic nitrogens is 8. The fourth-order valence-corrected chi connectivity index (χ4v) is 11.5. The van der Waals surface area contributed by atoms with Gasteiger partial charge in [0.2, 0.25) is 28.9 Å². The number of carbonyl (C=O) groups is 4. The van der Waals surface area contributed by atoms with Crippen LogP contribution in [0.15, 0.2) is 114 Å². The highest BCUT2D eigenvalue weighted by atomic mass is 79.9. The van der Waals surface area contributed by atoms with Crippen molar-refractivity contribution in [2.45, 2.75) is 65.5 Å². The lowest BCUT2D eigenvalue weighted by molar-refractivity contribution is -0.389. The normalized spacial score (nSPS) is 15.2. The lowest BCUT2D eigenvalue weighted by Gasteiger charge is -2.34. The molecule has 2 aromatic carbocycles. The number of nitrogens with one attached hydrogen (secondary N) is 4. The zero-order valence-corrected chi connectivity index (χ0v) is 59.3. The Balaban J connectivity index is 0.000000156. The molecular weight excluding hydrogens is 1450 g/mol. The molecule has 0 bridgehead atoms. The number of nitrogens with two attached hydrogens (primary N) is 1. The Morgan fingerprint density at radius 1 is 0.538 bits per heavy atom. The number of benzene rings is 2. The summed E-state index contributed by atoms with van der Waals surface area (Å²) >= 11 is 8.82. The Kier molecular flexibility index (Phi) is 27.1. The van der Waals surface area contributed by atoms with Crippen LogP contribution >= 0.6 is 27.5 Å². The summed E-state index contributed by atoms with van der Waals surface area (Å²) in [4.78, 5) is 105. The SMILES string of the molecule is CC(C)N1CCOc2c(F)cc(-c3nc(Cc4ccc(N5CCNC(=O)C5)cn4)ncc3F)cc21.CC(C)N1CCOc2c(F)cc(-c3nc(Cl)ncc3F)cc21.Nc1ccc(N2CCNC(=O)C2)cn1.O=C1CCCCN1.O=C1CN(c2ccc([N+](=O)[O-])nc2)CCN1.O=[N+]([O-])c1ccc(Br)cn1. The molecule has 14 rings (SSSR count). The lowest BCUT2D eigenvalue weighted by atomic mass is 10.1. The number of nitrogen functional groups attached to an aromatic ring is 1. The number of piperazine rings is 3. The number of halogens is 6. The molecule has 0 atom stereocenters. The third kappa shape index (κ3) is 21.4. The van der Waals surface area contributed by atoms with Crippen molar-refractivity contribution in [1.29, 1.82) is 0 Å². The fraction of sp³-hybridized carbons (Fsp3) is 0.353.